The van der Waals surface area contributed by atoms with E-state index in [4.69, 9.17) is 9.26 Å². The van der Waals surface area contributed by atoms with Gasteiger partial charge in [0, 0.05) is 31.3 Å². The van der Waals surface area contributed by atoms with Gasteiger partial charge in [0.1, 0.15) is 5.75 Å². The van der Waals surface area contributed by atoms with Crippen molar-refractivity contribution >= 4 is 5.91 Å². The third-order valence-electron chi connectivity index (χ3n) is 5.93. The highest BCUT2D eigenvalue weighted by atomic mass is 16.5. The molecule has 0 radical (unpaired) electrons. The molecule has 0 spiro atoms. The van der Waals surface area contributed by atoms with Crippen molar-refractivity contribution in [3.05, 3.63) is 65.5 Å². The van der Waals surface area contributed by atoms with Gasteiger partial charge in [-0.1, -0.05) is 47.1 Å². The third kappa shape index (κ3) is 5.16. The van der Waals surface area contributed by atoms with E-state index in [1.54, 1.807) is 12.0 Å². The predicted octanol–water partition coefficient (Wildman–Crippen LogP) is 3.92. The Kier molecular flexibility index (Phi) is 6.85. The monoisotopic (exact) mass is 434 g/mol. The third-order valence-corrected chi connectivity index (χ3v) is 5.93. The quantitative estimate of drug-likeness (QED) is 0.561. The Bertz CT molecular complexity index is 1060. The van der Waals surface area contributed by atoms with Crippen LogP contribution in [0.4, 0.5) is 0 Å². The molecule has 3 aromatic rings. The lowest BCUT2D eigenvalue weighted by atomic mass is 9.96. The number of methoxy groups -OCH3 is 1. The molecular weight excluding hydrogens is 404 g/mol. The summed E-state index contributed by atoms with van der Waals surface area (Å²) in [6.45, 7) is 4.74. The van der Waals surface area contributed by atoms with Gasteiger partial charge in [-0.15, -0.1) is 0 Å². The van der Waals surface area contributed by atoms with Crippen LogP contribution in [0.25, 0.3) is 11.4 Å². The first-order valence-corrected chi connectivity index (χ1v) is 11.0. The maximum absolute atomic E-state index is 13.1. The van der Waals surface area contributed by atoms with Crippen molar-refractivity contribution in [1.82, 2.24) is 19.9 Å². The maximum atomic E-state index is 13.1. The van der Waals surface area contributed by atoms with Gasteiger partial charge >= 0.3 is 0 Å². The molecule has 2 heterocycles. The van der Waals surface area contributed by atoms with Crippen LogP contribution in [-0.4, -0.2) is 53.1 Å². The lowest BCUT2D eigenvalue weighted by Crippen LogP contribution is -2.43. The average Bonchev–Trinajstić information content (AvgIpc) is 3.27. The van der Waals surface area contributed by atoms with Gasteiger partial charge in [0.2, 0.25) is 17.6 Å². The zero-order chi connectivity index (χ0) is 22.5. The number of likely N-dealkylation sites (tertiary alicyclic amines) is 1. The Morgan fingerprint density at radius 1 is 1.25 bits per heavy atom. The minimum atomic E-state index is -0.0392. The van der Waals surface area contributed by atoms with Crippen LogP contribution in [0.5, 0.6) is 5.75 Å². The predicted molar refractivity (Wildman–Crippen MR) is 122 cm³/mol. The minimum absolute atomic E-state index is 0.0392. The smallest absolute Gasteiger partial charge is 0.241 e. The highest BCUT2D eigenvalue weighted by Crippen LogP contribution is 2.24. The molecule has 0 bridgehead atoms. The van der Waals surface area contributed by atoms with E-state index >= 15 is 0 Å². The Morgan fingerprint density at radius 2 is 2.09 bits per heavy atom. The first kappa shape index (κ1) is 22.0. The molecule has 0 aliphatic carbocycles. The second-order valence-corrected chi connectivity index (χ2v) is 8.46. The number of aryl methyl sites for hydroxylation is 1. The SMILES string of the molecule is COc1ccccc1CN(C)C(=O)C1CCCN(Cc2nc(-c3cccc(C)c3)no2)C1. The summed E-state index contributed by atoms with van der Waals surface area (Å²) in [7, 11) is 3.52. The van der Waals surface area contributed by atoms with E-state index in [-0.39, 0.29) is 11.8 Å². The van der Waals surface area contributed by atoms with Crippen LogP contribution in [0.1, 0.15) is 29.9 Å². The standard InChI is InChI=1S/C25H30N4O3/c1-18-8-6-10-19(14-18)24-26-23(32-27-24)17-29-13-7-11-21(16-29)25(30)28(2)15-20-9-4-5-12-22(20)31-3/h4-6,8-10,12,14,21H,7,11,13,15-17H2,1-3H3. The molecule has 1 unspecified atom stereocenters. The lowest BCUT2D eigenvalue weighted by Gasteiger charge is -2.33. The Balaban J connectivity index is 1.36. The number of carbonyl (C=O) groups excluding carboxylic acids is 1. The van der Waals surface area contributed by atoms with Crippen LogP contribution in [0.15, 0.2) is 53.1 Å². The molecule has 1 amide bonds. The van der Waals surface area contributed by atoms with E-state index in [0.717, 1.165) is 41.8 Å². The highest BCUT2D eigenvalue weighted by Gasteiger charge is 2.29. The number of para-hydroxylation sites is 1. The van der Waals surface area contributed by atoms with Crippen molar-refractivity contribution < 1.29 is 14.1 Å². The van der Waals surface area contributed by atoms with Crippen LogP contribution in [0.3, 0.4) is 0 Å². The first-order chi connectivity index (χ1) is 15.5. The summed E-state index contributed by atoms with van der Waals surface area (Å²) in [5, 5.41) is 4.14. The second kappa shape index (κ2) is 9.96. The molecule has 1 aliphatic rings. The number of hydrogen-bond acceptors (Lipinski definition) is 6. The topological polar surface area (TPSA) is 71.7 Å². The number of aromatic nitrogens is 2. The number of nitrogens with zero attached hydrogens (tertiary/aromatic N) is 4. The Labute approximate surface area is 189 Å². The van der Waals surface area contributed by atoms with Crippen LogP contribution < -0.4 is 4.74 Å². The van der Waals surface area contributed by atoms with E-state index in [9.17, 15) is 4.79 Å². The molecule has 7 nitrogen and oxygen atoms in total. The van der Waals surface area contributed by atoms with Gasteiger partial charge in [0.15, 0.2) is 0 Å². The van der Waals surface area contributed by atoms with Crippen molar-refractivity contribution in [2.75, 3.05) is 27.2 Å². The fraction of sp³-hybridized carbons (Fsp3) is 0.400. The fourth-order valence-corrected chi connectivity index (χ4v) is 4.29. The number of ether oxygens (including phenoxy) is 1. The zero-order valence-electron chi connectivity index (χ0n) is 19.0. The van der Waals surface area contributed by atoms with E-state index in [1.807, 2.05) is 62.5 Å². The van der Waals surface area contributed by atoms with Gasteiger partial charge in [-0.3, -0.25) is 9.69 Å². The van der Waals surface area contributed by atoms with Crippen molar-refractivity contribution in [3.8, 4) is 17.1 Å². The van der Waals surface area contributed by atoms with Crippen molar-refractivity contribution in [3.63, 3.8) is 0 Å². The van der Waals surface area contributed by atoms with E-state index in [1.165, 1.54) is 0 Å². The number of hydrogen-bond donors (Lipinski definition) is 0. The highest BCUT2D eigenvalue weighted by molar-refractivity contribution is 5.79. The molecule has 0 saturated carbocycles. The minimum Gasteiger partial charge on any atom is -0.496 e. The normalized spacial score (nSPS) is 16.7. The molecule has 1 saturated heterocycles. The van der Waals surface area contributed by atoms with Crippen LogP contribution >= 0.6 is 0 Å². The van der Waals surface area contributed by atoms with Crippen LogP contribution in [0, 0.1) is 12.8 Å². The molecule has 32 heavy (non-hydrogen) atoms. The number of rotatable bonds is 7. The maximum Gasteiger partial charge on any atom is 0.241 e. The van der Waals surface area contributed by atoms with Crippen molar-refractivity contribution in [2.45, 2.75) is 32.9 Å². The van der Waals surface area contributed by atoms with Crippen molar-refractivity contribution in [1.29, 1.82) is 0 Å². The van der Waals surface area contributed by atoms with Crippen LogP contribution in [0.2, 0.25) is 0 Å². The summed E-state index contributed by atoms with van der Waals surface area (Å²) in [5.74, 6) is 2.11. The molecule has 0 N–H and O–H groups in total. The van der Waals surface area contributed by atoms with Gasteiger partial charge < -0.3 is 14.2 Å². The lowest BCUT2D eigenvalue weighted by molar-refractivity contribution is -0.136. The molecule has 1 atom stereocenters. The van der Waals surface area contributed by atoms with Crippen LogP contribution in [-0.2, 0) is 17.9 Å². The van der Waals surface area contributed by atoms with Gasteiger partial charge in [0.25, 0.3) is 0 Å². The molecule has 7 heteroatoms. The molecule has 1 aliphatic heterocycles. The number of piperidine rings is 1. The van der Waals surface area contributed by atoms with E-state index < -0.39 is 0 Å². The summed E-state index contributed by atoms with van der Waals surface area (Å²) < 4.78 is 10.9. The zero-order valence-corrected chi connectivity index (χ0v) is 19.0. The molecule has 1 aromatic heterocycles. The largest absolute Gasteiger partial charge is 0.496 e. The molecule has 168 valence electrons. The van der Waals surface area contributed by atoms with E-state index in [2.05, 4.69) is 15.0 Å². The number of benzene rings is 2. The summed E-state index contributed by atoms with van der Waals surface area (Å²) in [4.78, 5) is 21.7. The van der Waals surface area contributed by atoms with Gasteiger partial charge in [-0.05, 0) is 38.4 Å². The molecular formula is C25H30N4O3. The Hall–Kier alpha value is -3.19. The summed E-state index contributed by atoms with van der Waals surface area (Å²) >= 11 is 0. The first-order valence-electron chi connectivity index (χ1n) is 11.0. The number of amides is 1. The second-order valence-electron chi connectivity index (χ2n) is 8.46. The summed E-state index contributed by atoms with van der Waals surface area (Å²) in [6.07, 6.45) is 1.86. The van der Waals surface area contributed by atoms with Gasteiger partial charge in [0.05, 0.1) is 19.6 Å². The molecule has 2 aromatic carbocycles. The van der Waals surface area contributed by atoms with Gasteiger partial charge in [-0.2, -0.15) is 4.98 Å². The van der Waals surface area contributed by atoms with Crippen molar-refractivity contribution in [2.24, 2.45) is 5.92 Å². The fourth-order valence-electron chi connectivity index (χ4n) is 4.29. The number of carbonyl (C=O) groups is 1. The summed E-state index contributed by atoms with van der Waals surface area (Å²) in [6, 6.07) is 15.9. The molecule has 1 fully saturated rings. The summed E-state index contributed by atoms with van der Waals surface area (Å²) in [5.41, 5.74) is 3.11. The van der Waals surface area contributed by atoms with Gasteiger partial charge in [-0.25, -0.2) is 0 Å². The Morgan fingerprint density at radius 3 is 2.91 bits per heavy atom. The molecule has 4 rings (SSSR count). The average molecular weight is 435 g/mol. The van der Waals surface area contributed by atoms with E-state index in [0.29, 0.717) is 31.3 Å².